The van der Waals surface area contributed by atoms with Crippen LogP contribution in [0.2, 0.25) is 10.0 Å². The van der Waals surface area contributed by atoms with Crippen LogP contribution in [0.1, 0.15) is 18.1 Å². The molecule has 0 spiro atoms. The number of hydrogen-bond acceptors (Lipinski definition) is 4. The van der Waals surface area contributed by atoms with Gasteiger partial charge in [-0.2, -0.15) is 0 Å². The first-order valence-corrected chi connectivity index (χ1v) is 12.6. The summed E-state index contributed by atoms with van der Waals surface area (Å²) in [5.74, 6) is 0.207. The van der Waals surface area contributed by atoms with E-state index < -0.39 is 0 Å². The first-order valence-electron chi connectivity index (χ1n) is 10.3. The minimum absolute atomic E-state index is 0.121. The zero-order valence-electron chi connectivity index (χ0n) is 17.9. The maximum Gasteiger partial charge on any atom is 0.266 e. The first kappa shape index (κ1) is 24.8. The molecule has 1 fully saturated rings. The third kappa shape index (κ3) is 5.84. The van der Waals surface area contributed by atoms with E-state index in [9.17, 15) is 9.18 Å². The Hall–Kier alpha value is -2.32. The summed E-state index contributed by atoms with van der Waals surface area (Å²) in [6.45, 7) is 2.70. The SMILES string of the molecule is CCN1C(=O)/C(=C\c2ccc(OCc3ccc(Cl)c(Cl)c3)c(Br)c2)SC1=Nc1ccc(F)cc1. The van der Waals surface area contributed by atoms with Gasteiger partial charge in [0.1, 0.15) is 18.2 Å². The van der Waals surface area contributed by atoms with Gasteiger partial charge in [0, 0.05) is 6.54 Å². The lowest BCUT2D eigenvalue weighted by Gasteiger charge is -2.12. The predicted molar refractivity (Wildman–Crippen MR) is 141 cm³/mol. The van der Waals surface area contributed by atoms with Crippen LogP contribution < -0.4 is 4.74 Å². The number of nitrogens with zero attached hydrogens (tertiary/aromatic N) is 2. The summed E-state index contributed by atoms with van der Waals surface area (Å²) in [6, 6.07) is 16.8. The molecule has 4 nitrogen and oxygen atoms in total. The van der Waals surface area contributed by atoms with Gasteiger partial charge < -0.3 is 4.74 Å². The van der Waals surface area contributed by atoms with E-state index in [4.69, 9.17) is 27.9 Å². The van der Waals surface area contributed by atoms with Gasteiger partial charge in [-0.1, -0.05) is 35.3 Å². The molecule has 34 heavy (non-hydrogen) atoms. The van der Waals surface area contributed by atoms with Crippen molar-refractivity contribution >= 4 is 73.7 Å². The maximum absolute atomic E-state index is 13.2. The largest absolute Gasteiger partial charge is 0.488 e. The molecule has 1 amide bonds. The Balaban J connectivity index is 1.50. The normalized spacial score (nSPS) is 16.0. The van der Waals surface area contributed by atoms with E-state index in [2.05, 4.69) is 20.9 Å². The summed E-state index contributed by atoms with van der Waals surface area (Å²) >= 11 is 16.9. The lowest BCUT2D eigenvalue weighted by molar-refractivity contribution is -0.122. The monoisotopic (exact) mass is 578 g/mol. The van der Waals surface area contributed by atoms with Crippen LogP contribution in [0.4, 0.5) is 10.1 Å². The standard InChI is InChI=1S/C25H18BrCl2FN2O2S/c1-2-31-24(32)23(34-25(31)30-18-7-5-17(29)6-8-18)13-15-4-10-22(19(26)11-15)33-14-16-3-9-20(27)21(28)12-16/h3-13H,2,14H2,1H3/b23-13+,30-25?. The molecule has 3 aromatic rings. The van der Waals surface area contributed by atoms with E-state index in [1.165, 1.54) is 23.9 Å². The molecule has 0 N–H and O–H groups in total. The van der Waals surface area contributed by atoms with Gasteiger partial charge in [-0.25, -0.2) is 9.38 Å². The highest BCUT2D eigenvalue weighted by Gasteiger charge is 2.32. The van der Waals surface area contributed by atoms with Crippen LogP contribution in [0.5, 0.6) is 5.75 Å². The Bertz CT molecular complexity index is 1300. The second-order valence-electron chi connectivity index (χ2n) is 7.26. The number of carbonyl (C=O) groups excluding carboxylic acids is 1. The second kappa shape index (κ2) is 11.0. The number of rotatable bonds is 6. The van der Waals surface area contributed by atoms with Crippen LogP contribution in [0, 0.1) is 5.82 Å². The lowest BCUT2D eigenvalue weighted by atomic mass is 10.2. The fraction of sp³-hybridized carbons (Fsp3) is 0.120. The molecule has 4 rings (SSSR count). The number of hydrogen-bond donors (Lipinski definition) is 0. The summed E-state index contributed by atoms with van der Waals surface area (Å²) < 4.78 is 19.8. The Morgan fingerprint density at radius 1 is 1.09 bits per heavy atom. The van der Waals surface area contributed by atoms with Crippen LogP contribution in [-0.4, -0.2) is 22.5 Å². The molecule has 3 aromatic carbocycles. The topological polar surface area (TPSA) is 41.9 Å². The summed E-state index contributed by atoms with van der Waals surface area (Å²) in [4.78, 5) is 19.6. The number of amides is 1. The number of benzene rings is 3. The number of halogens is 4. The van der Waals surface area contributed by atoms with Gasteiger partial charge in [0.05, 0.1) is 25.1 Å². The quantitative estimate of drug-likeness (QED) is 0.277. The van der Waals surface area contributed by atoms with Crippen molar-refractivity contribution < 1.29 is 13.9 Å². The summed E-state index contributed by atoms with van der Waals surface area (Å²) in [7, 11) is 0. The van der Waals surface area contributed by atoms with Crippen LogP contribution in [0.15, 0.2) is 75.0 Å². The minimum atomic E-state index is -0.331. The van der Waals surface area contributed by atoms with E-state index in [1.807, 2.05) is 37.3 Å². The van der Waals surface area contributed by atoms with Crippen molar-refractivity contribution in [1.82, 2.24) is 4.90 Å². The minimum Gasteiger partial charge on any atom is -0.488 e. The van der Waals surface area contributed by atoms with Gasteiger partial charge in [0.15, 0.2) is 5.17 Å². The number of thioether (sulfide) groups is 1. The molecule has 1 heterocycles. The predicted octanol–water partition coefficient (Wildman–Crippen LogP) is 8.10. The van der Waals surface area contributed by atoms with Crippen LogP contribution >= 0.6 is 50.9 Å². The van der Waals surface area contributed by atoms with E-state index in [-0.39, 0.29) is 11.7 Å². The third-order valence-corrected chi connectivity index (χ3v) is 7.25. The lowest BCUT2D eigenvalue weighted by Crippen LogP contribution is -2.28. The van der Waals surface area contributed by atoms with Gasteiger partial charge in [0.2, 0.25) is 0 Å². The van der Waals surface area contributed by atoms with Crippen molar-refractivity contribution in [3.8, 4) is 5.75 Å². The number of amidine groups is 1. The average molecular weight is 580 g/mol. The molecule has 1 saturated heterocycles. The van der Waals surface area contributed by atoms with Gasteiger partial charge in [-0.05, 0) is 100 Å². The molecule has 9 heteroatoms. The number of ether oxygens (including phenoxy) is 1. The van der Waals surface area contributed by atoms with Crippen LogP contribution in [0.25, 0.3) is 6.08 Å². The summed E-state index contributed by atoms with van der Waals surface area (Å²) in [5.41, 5.74) is 2.32. The second-order valence-corrected chi connectivity index (χ2v) is 9.94. The molecule has 0 aromatic heterocycles. The molecule has 0 unspecified atom stereocenters. The molecule has 0 aliphatic carbocycles. The Kier molecular flexibility index (Phi) is 7.99. The highest BCUT2D eigenvalue weighted by Crippen LogP contribution is 2.35. The van der Waals surface area contributed by atoms with Gasteiger partial charge in [-0.15, -0.1) is 0 Å². The Morgan fingerprint density at radius 3 is 2.53 bits per heavy atom. The first-order chi connectivity index (χ1) is 16.3. The van der Waals surface area contributed by atoms with Crippen molar-refractivity contribution in [2.75, 3.05) is 6.54 Å². The van der Waals surface area contributed by atoms with E-state index >= 15 is 0 Å². The summed E-state index contributed by atoms with van der Waals surface area (Å²) in [5, 5.41) is 1.54. The Labute approximate surface area is 219 Å². The van der Waals surface area contributed by atoms with Crippen LogP contribution in [-0.2, 0) is 11.4 Å². The molecular formula is C25H18BrCl2FN2O2S. The maximum atomic E-state index is 13.2. The smallest absolute Gasteiger partial charge is 0.266 e. The van der Waals surface area contributed by atoms with Crippen molar-refractivity contribution in [2.45, 2.75) is 13.5 Å². The zero-order valence-corrected chi connectivity index (χ0v) is 21.8. The van der Waals surface area contributed by atoms with Gasteiger partial charge in [0.25, 0.3) is 5.91 Å². The molecule has 174 valence electrons. The number of carbonyl (C=O) groups is 1. The molecular weight excluding hydrogens is 562 g/mol. The van der Waals surface area contributed by atoms with E-state index in [0.29, 0.717) is 44.7 Å². The number of likely N-dealkylation sites (N-methyl/N-ethyl adjacent to an activating group) is 1. The molecule has 1 aliphatic rings. The van der Waals surface area contributed by atoms with Crippen molar-refractivity contribution in [2.24, 2.45) is 4.99 Å². The van der Waals surface area contributed by atoms with E-state index in [1.54, 1.807) is 29.2 Å². The molecule has 1 aliphatic heterocycles. The van der Waals surface area contributed by atoms with Crippen LogP contribution in [0.3, 0.4) is 0 Å². The molecule has 0 bridgehead atoms. The van der Waals surface area contributed by atoms with Crippen molar-refractivity contribution in [3.05, 3.63) is 97.0 Å². The fourth-order valence-corrected chi connectivity index (χ4v) is 5.06. The third-order valence-electron chi connectivity index (χ3n) is 4.89. The number of aliphatic imine (C=N–C) groups is 1. The van der Waals surface area contributed by atoms with E-state index in [0.717, 1.165) is 15.6 Å². The highest BCUT2D eigenvalue weighted by molar-refractivity contribution is 9.10. The highest BCUT2D eigenvalue weighted by atomic mass is 79.9. The van der Waals surface area contributed by atoms with Crippen molar-refractivity contribution in [3.63, 3.8) is 0 Å². The average Bonchev–Trinajstić information content (AvgIpc) is 3.10. The molecule has 0 radical (unpaired) electrons. The zero-order chi connectivity index (χ0) is 24.2. The van der Waals surface area contributed by atoms with Crippen molar-refractivity contribution in [1.29, 1.82) is 0 Å². The fourth-order valence-electron chi connectivity index (χ4n) is 3.16. The summed E-state index contributed by atoms with van der Waals surface area (Å²) in [6.07, 6.45) is 1.82. The molecule has 0 saturated carbocycles. The van der Waals surface area contributed by atoms with Gasteiger partial charge >= 0.3 is 0 Å². The molecule has 0 atom stereocenters. The van der Waals surface area contributed by atoms with Gasteiger partial charge in [-0.3, -0.25) is 9.69 Å². The Morgan fingerprint density at radius 2 is 1.85 bits per heavy atom.